The van der Waals surface area contributed by atoms with E-state index in [2.05, 4.69) is 32.3 Å². The highest BCUT2D eigenvalue weighted by molar-refractivity contribution is 7.98. The summed E-state index contributed by atoms with van der Waals surface area (Å²) in [5.74, 6) is 0.987. The summed E-state index contributed by atoms with van der Waals surface area (Å²) >= 11 is 14.4. The number of hydrogen-bond donors (Lipinski definition) is 1. The summed E-state index contributed by atoms with van der Waals surface area (Å²) in [6.07, 6.45) is 4.99. The Hall–Kier alpha value is -0.840. The van der Waals surface area contributed by atoms with Crippen LogP contribution in [0.25, 0.3) is 10.9 Å². The van der Waals surface area contributed by atoms with Gasteiger partial charge in [-0.2, -0.15) is 11.8 Å². The Morgan fingerprint density at radius 1 is 1.29 bits per heavy atom. The first-order valence-corrected chi connectivity index (χ1v) is 10.1. The number of hydrogen-bond acceptors (Lipinski definition) is 2. The zero-order valence-corrected chi connectivity index (χ0v) is 16.9. The van der Waals surface area contributed by atoms with E-state index in [1.54, 1.807) is 17.8 Å². The molecule has 1 heterocycles. The molecule has 0 aliphatic rings. The molecule has 0 saturated heterocycles. The van der Waals surface area contributed by atoms with Crippen LogP contribution in [0.4, 0.5) is 0 Å². The SMILES string of the molecule is CSCCCn1cc(C(=O)NCC(C)(C)C)c2ccc(Cl)c(Cl)c21. The molecule has 24 heavy (non-hydrogen) atoms. The summed E-state index contributed by atoms with van der Waals surface area (Å²) in [6, 6.07) is 3.62. The Morgan fingerprint density at radius 2 is 2.00 bits per heavy atom. The summed E-state index contributed by atoms with van der Waals surface area (Å²) < 4.78 is 2.05. The second kappa shape index (κ2) is 8.03. The van der Waals surface area contributed by atoms with Gasteiger partial charge < -0.3 is 9.88 Å². The summed E-state index contributed by atoms with van der Waals surface area (Å²) in [5, 5.41) is 4.88. The minimum absolute atomic E-state index is 0.0351. The second-order valence-electron chi connectivity index (χ2n) is 7.08. The van der Waals surface area contributed by atoms with Crippen LogP contribution in [0.3, 0.4) is 0 Å². The first-order valence-electron chi connectivity index (χ1n) is 7.98. The van der Waals surface area contributed by atoms with Gasteiger partial charge in [-0.3, -0.25) is 4.79 Å². The first-order chi connectivity index (χ1) is 11.2. The molecule has 132 valence electrons. The van der Waals surface area contributed by atoms with E-state index in [1.165, 1.54) is 0 Å². The van der Waals surface area contributed by atoms with Crippen molar-refractivity contribution in [1.29, 1.82) is 0 Å². The van der Waals surface area contributed by atoms with Crippen molar-refractivity contribution in [3.05, 3.63) is 33.9 Å². The minimum Gasteiger partial charge on any atom is -0.351 e. The molecule has 0 bridgehead atoms. The molecule has 1 aromatic heterocycles. The van der Waals surface area contributed by atoms with E-state index in [0.717, 1.165) is 29.6 Å². The Kier molecular flexibility index (Phi) is 6.52. The molecule has 1 aromatic carbocycles. The van der Waals surface area contributed by atoms with Crippen LogP contribution in [0.1, 0.15) is 37.6 Å². The Bertz CT molecular complexity index is 735. The third-order valence-electron chi connectivity index (χ3n) is 3.70. The number of aromatic nitrogens is 1. The van der Waals surface area contributed by atoms with Gasteiger partial charge in [-0.15, -0.1) is 0 Å². The van der Waals surface area contributed by atoms with Gasteiger partial charge in [0.1, 0.15) is 0 Å². The average molecular weight is 387 g/mol. The Labute approximate surface area is 158 Å². The molecule has 0 radical (unpaired) electrons. The number of carbonyl (C=O) groups is 1. The van der Waals surface area contributed by atoms with Crippen LogP contribution in [-0.4, -0.2) is 29.0 Å². The molecule has 2 aromatic rings. The summed E-state index contributed by atoms with van der Waals surface area (Å²) in [7, 11) is 0. The third-order valence-corrected chi connectivity index (χ3v) is 5.19. The lowest BCUT2D eigenvalue weighted by molar-refractivity contribution is 0.0941. The summed E-state index contributed by atoms with van der Waals surface area (Å²) in [6.45, 7) is 7.71. The lowest BCUT2D eigenvalue weighted by Gasteiger charge is -2.18. The highest BCUT2D eigenvalue weighted by Crippen LogP contribution is 2.34. The fourth-order valence-corrected chi connectivity index (χ4v) is 3.35. The van der Waals surface area contributed by atoms with Gasteiger partial charge in [0.2, 0.25) is 0 Å². The van der Waals surface area contributed by atoms with Crippen LogP contribution in [-0.2, 0) is 6.54 Å². The summed E-state index contributed by atoms with van der Waals surface area (Å²) in [4.78, 5) is 12.6. The maximum atomic E-state index is 12.6. The van der Waals surface area contributed by atoms with Gasteiger partial charge >= 0.3 is 0 Å². The number of amides is 1. The van der Waals surface area contributed by atoms with Crippen LogP contribution in [0, 0.1) is 5.41 Å². The monoisotopic (exact) mass is 386 g/mol. The number of rotatable bonds is 6. The van der Waals surface area contributed by atoms with E-state index in [4.69, 9.17) is 23.2 Å². The molecule has 0 aliphatic heterocycles. The molecule has 1 amide bonds. The molecule has 0 fully saturated rings. The van der Waals surface area contributed by atoms with Crippen LogP contribution in [0.5, 0.6) is 0 Å². The lowest BCUT2D eigenvalue weighted by atomic mass is 9.97. The van der Waals surface area contributed by atoms with Crippen molar-refractivity contribution in [2.45, 2.75) is 33.7 Å². The maximum absolute atomic E-state index is 12.6. The van der Waals surface area contributed by atoms with E-state index in [9.17, 15) is 4.79 Å². The van der Waals surface area contributed by atoms with Gasteiger partial charge in [0.25, 0.3) is 5.91 Å². The van der Waals surface area contributed by atoms with Gasteiger partial charge in [-0.05, 0) is 29.9 Å². The van der Waals surface area contributed by atoms with Crippen molar-refractivity contribution in [3.63, 3.8) is 0 Å². The van der Waals surface area contributed by atoms with Crippen molar-refractivity contribution in [2.24, 2.45) is 5.41 Å². The van der Waals surface area contributed by atoms with Crippen molar-refractivity contribution in [1.82, 2.24) is 9.88 Å². The number of nitrogens with one attached hydrogen (secondary N) is 1. The fraction of sp³-hybridized carbons (Fsp3) is 0.500. The number of nitrogens with zero attached hydrogens (tertiary/aromatic N) is 1. The van der Waals surface area contributed by atoms with Crippen LogP contribution >= 0.6 is 35.0 Å². The fourth-order valence-electron chi connectivity index (χ4n) is 2.51. The van der Waals surface area contributed by atoms with Gasteiger partial charge in [0.15, 0.2) is 0 Å². The molecule has 3 nitrogen and oxygen atoms in total. The number of thioether (sulfide) groups is 1. The Balaban J connectivity index is 2.39. The predicted octanol–water partition coefficient (Wildman–Crippen LogP) is 5.48. The number of fused-ring (bicyclic) bond motifs is 1. The number of carbonyl (C=O) groups excluding carboxylic acids is 1. The quantitative estimate of drug-likeness (QED) is 0.667. The predicted molar refractivity (Wildman–Crippen MR) is 107 cm³/mol. The highest BCUT2D eigenvalue weighted by atomic mass is 35.5. The normalized spacial score (nSPS) is 11.9. The second-order valence-corrected chi connectivity index (χ2v) is 8.85. The topological polar surface area (TPSA) is 34.0 Å². The molecule has 6 heteroatoms. The molecule has 0 unspecified atom stereocenters. The van der Waals surface area contributed by atoms with Crippen LogP contribution in [0.15, 0.2) is 18.3 Å². The molecule has 0 atom stereocenters. The van der Waals surface area contributed by atoms with Gasteiger partial charge in [-0.25, -0.2) is 0 Å². The molecule has 2 rings (SSSR count). The Morgan fingerprint density at radius 3 is 2.62 bits per heavy atom. The van der Waals surface area contributed by atoms with Gasteiger partial charge in [0.05, 0.1) is 21.1 Å². The van der Waals surface area contributed by atoms with Crippen molar-refractivity contribution < 1.29 is 4.79 Å². The molecule has 0 spiro atoms. The third kappa shape index (κ3) is 4.62. The van der Waals surface area contributed by atoms with E-state index in [-0.39, 0.29) is 11.3 Å². The lowest BCUT2D eigenvalue weighted by Crippen LogP contribution is -2.32. The van der Waals surface area contributed by atoms with Crippen LogP contribution < -0.4 is 5.32 Å². The van der Waals surface area contributed by atoms with Gasteiger partial charge in [0, 0.05) is 24.7 Å². The highest BCUT2D eigenvalue weighted by Gasteiger charge is 2.20. The first kappa shape index (κ1) is 19.5. The standard InChI is InChI=1S/C18H24Cl2N2OS/c1-18(2,3)11-21-17(23)13-10-22(8-5-9-24-4)16-12(13)6-7-14(19)15(16)20/h6-7,10H,5,8-9,11H2,1-4H3,(H,21,23). The summed E-state index contributed by atoms with van der Waals surface area (Å²) in [5.41, 5.74) is 1.52. The van der Waals surface area contributed by atoms with E-state index >= 15 is 0 Å². The van der Waals surface area contributed by atoms with Crippen molar-refractivity contribution >= 4 is 51.8 Å². The van der Waals surface area contributed by atoms with E-state index in [0.29, 0.717) is 22.2 Å². The number of benzene rings is 1. The average Bonchev–Trinajstić information content (AvgIpc) is 2.87. The number of aryl methyl sites for hydroxylation is 1. The van der Waals surface area contributed by atoms with Gasteiger partial charge in [-0.1, -0.05) is 50.0 Å². The maximum Gasteiger partial charge on any atom is 0.253 e. The molecule has 1 N–H and O–H groups in total. The minimum atomic E-state index is -0.0723. The zero-order chi connectivity index (χ0) is 17.9. The van der Waals surface area contributed by atoms with Crippen LogP contribution in [0.2, 0.25) is 10.0 Å². The molecular formula is C18H24Cl2N2OS. The molecule has 0 aliphatic carbocycles. The smallest absolute Gasteiger partial charge is 0.253 e. The van der Waals surface area contributed by atoms with E-state index < -0.39 is 0 Å². The van der Waals surface area contributed by atoms with Crippen molar-refractivity contribution in [3.8, 4) is 0 Å². The zero-order valence-electron chi connectivity index (χ0n) is 14.6. The largest absolute Gasteiger partial charge is 0.351 e. The molecule has 0 saturated carbocycles. The van der Waals surface area contributed by atoms with Crippen molar-refractivity contribution in [2.75, 3.05) is 18.6 Å². The number of halogens is 2. The van der Waals surface area contributed by atoms with E-state index in [1.807, 2.05) is 16.8 Å². The molecular weight excluding hydrogens is 363 g/mol.